The minimum atomic E-state index is -0.255. The van der Waals surface area contributed by atoms with Gasteiger partial charge in [0.05, 0.1) is 24.2 Å². The molecular formula is C16H19NO2. The van der Waals surface area contributed by atoms with Crippen molar-refractivity contribution in [2.24, 2.45) is 0 Å². The van der Waals surface area contributed by atoms with E-state index in [4.69, 9.17) is 4.74 Å². The monoisotopic (exact) mass is 257 g/mol. The molecule has 0 saturated heterocycles. The summed E-state index contributed by atoms with van der Waals surface area (Å²) in [5, 5.41) is 1.09. The molecule has 0 N–H and O–H groups in total. The van der Waals surface area contributed by atoms with Gasteiger partial charge in [0.15, 0.2) is 0 Å². The predicted molar refractivity (Wildman–Crippen MR) is 76.0 cm³/mol. The van der Waals surface area contributed by atoms with Gasteiger partial charge < -0.3 is 4.74 Å². The zero-order valence-electron chi connectivity index (χ0n) is 11.4. The second-order valence-corrected chi connectivity index (χ2v) is 4.65. The molecule has 2 rings (SSSR count). The lowest BCUT2D eigenvalue weighted by Gasteiger charge is -2.14. The van der Waals surface area contributed by atoms with Crippen LogP contribution >= 0.6 is 0 Å². The van der Waals surface area contributed by atoms with Crippen LogP contribution in [0.3, 0.4) is 0 Å². The Kier molecular flexibility index (Phi) is 4.50. The maximum Gasteiger partial charge on any atom is 0.314 e. The average molecular weight is 257 g/mol. The van der Waals surface area contributed by atoms with Crippen LogP contribution in [0.25, 0.3) is 10.9 Å². The molecule has 1 heterocycles. The van der Waals surface area contributed by atoms with Crippen molar-refractivity contribution in [2.75, 3.05) is 7.11 Å². The molecule has 0 amide bonds. The second kappa shape index (κ2) is 6.32. The van der Waals surface area contributed by atoms with E-state index in [0.29, 0.717) is 0 Å². The molecule has 2 aromatic rings. The quantitative estimate of drug-likeness (QED) is 0.767. The van der Waals surface area contributed by atoms with Crippen molar-refractivity contribution in [3.63, 3.8) is 0 Å². The van der Waals surface area contributed by atoms with Gasteiger partial charge in [0, 0.05) is 5.39 Å². The minimum absolute atomic E-state index is 0.198. The lowest BCUT2D eigenvalue weighted by molar-refractivity contribution is -0.142. The Morgan fingerprint density at radius 1 is 1.26 bits per heavy atom. The third kappa shape index (κ3) is 3.11. The Morgan fingerprint density at radius 2 is 2.05 bits per heavy atom. The first-order valence-electron chi connectivity index (χ1n) is 6.69. The number of nitrogens with zero attached hydrogens (tertiary/aromatic N) is 1. The van der Waals surface area contributed by atoms with Crippen molar-refractivity contribution >= 4 is 16.9 Å². The van der Waals surface area contributed by atoms with Gasteiger partial charge in [0.1, 0.15) is 0 Å². The van der Waals surface area contributed by atoms with Crippen molar-refractivity contribution in [3.8, 4) is 0 Å². The fourth-order valence-corrected chi connectivity index (χ4v) is 2.21. The molecule has 0 aliphatic rings. The summed E-state index contributed by atoms with van der Waals surface area (Å²) in [7, 11) is 1.43. The van der Waals surface area contributed by atoms with E-state index in [1.807, 2.05) is 36.4 Å². The van der Waals surface area contributed by atoms with Crippen molar-refractivity contribution in [1.82, 2.24) is 4.98 Å². The van der Waals surface area contributed by atoms with E-state index in [0.717, 1.165) is 35.9 Å². The molecule has 0 aliphatic heterocycles. The van der Waals surface area contributed by atoms with Crippen molar-refractivity contribution in [3.05, 3.63) is 42.1 Å². The highest BCUT2D eigenvalue weighted by Gasteiger charge is 2.22. The van der Waals surface area contributed by atoms with Crippen LogP contribution < -0.4 is 0 Å². The number of methoxy groups -OCH3 is 1. The number of fused-ring (bicyclic) bond motifs is 1. The molecule has 3 heteroatoms. The fraction of sp³-hybridized carbons (Fsp3) is 0.375. The number of aromatic nitrogens is 1. The van der Waals surface area contributed by atoms with Crippen LogP contribution in [0.1, 0.15) is 37.8 Å². The molecule has 1 atom stereocenters. The first kappa shape index (κ1) is 13.5. The number of hydrogen-bond donors (Lipinski definition) is 0. The summed E-state index contributed by atoms with van der Waals surface area (Å²) >= 11 is 0. The average Bonchev–Trinajstić information content (AvgIpc) is 2.47. The first-order chi connectivity index (χ1) is 9.26. The van der Waals surface area contributed by atoms with E-state index in [1.165, 1.54) is 7.11 Å². The summed E-state index contributed by atoms with van der Waals surface area (Å²) in [5.41, 5.74) is 1.73. The molecule has 3 nitrogen and oxygen atoms in total. The van der Waals surface area contributed by atoms with Gasteiger partial charge in [-0.3, -0.25) is 9.78 Å². The smallest absolute Gasteiger partial charge is 0.314 e. The van der Waals surface area contributed by atoms with Gasteiger partial charge in [-0.05, 0) is 18.6 Å². The number of para-hydroxylation sites is 1. The van der Waals surface area contributed by atoms with Gasteiger partial charge in [0.25, 0.3) is 0 Å². The summed E-state index contributed by atoms with van der Waals surface area (Å²) in [5.74, 6) is -0.453. The van der Waals surface area contributed by atoms with Crippen molar-refractivity contribution < 1.29 is 9.53 Å². The number of hydrogen-bond acceptors (Lipinski definition) is 3. The van der Waals surface area contributed by atoms with Crippen LogP contribution in [0.5, 0.6) is 0 Å². The maximum absolute atomic E-state index is 11.9. The largest absolute Gasteiger partial charge is 0.469 e. The zero-order valence-corrected chi connectivity index (χ0v) is 11.4. The van der Waals surface area contributed by atoms with Gasteiger partial charge >= 0.3 is 5.97 Å². The molecule has 0 spiro atoms. The summed E-state index contributed by atoms with van der Waals surface area (Å²) in [6.45, 7) is 2.11. The third-order valence-corrected chi connectivity index (χ3v) is 3.31. The highest BCUT2D eigenvalue weighted by molar-refractivity contribution is 5.81. The molecule has 1 aromatic carbocycles. The summed E-state index contributed by atoms with van der Waals surface area (Å²) < 4.78 is 4.90. The number of carbonyl (C=O) groups excluding carboxylic acids is 1. The van der Waals surface area contributed by atoms with E-state index in [1.54, 1.807) is 0 Å². The molecular weight excluding hydrogens is 238 g/mol. The Hall–Kier alpha value is -1.90. The first-order valence-corrected chi connectivity index (χ1v) is 6.69. The highest BCUT2D eigenvalue weighted by atomic mass is 16.5. The molecule has 1 aromatic heterocycles. The molecule has 0 saturated carbocycles. The van der Waals surface area contributed by atoms with Crippen LogP contribution in [-0.2, 0) is 9.53 Å². The molecule has 0 fully saturated rings. The molecule has 0 aliphatic carbocycles. The summed E-state index contributed by atoms with van der Waals surface area (Å²) in [6.07, 6.45) is 2.84. The number of ether oxygens (including phenoxy) is 1. The van der Waals surface area contributed by atoms with Crippen LogP contribution in [0.2, 0.25) is 0 Å². The Bertz CT molecular complexity index is 565. The number of esters is 1. The van der Waals surface area contributed by atoms with E-state index in [-0.39, 0.29) is 11.9 Å². The van der Waals surface area contributed by atoms with Crippen molar-refractivity contribution in [2.45, 2.75) is 32.1 Å². The highest BCUT2D eigenvalue weighted by Crippen LogP contribution is 2.24. The number of unbranched alkanes of at least 4 members (excludes halogenated alkanes) is 1. The third-order valence-electron chi connectivity index (χ3n) is 3.31. The lowest BCUT2D eigenvalue weighted by atomic mass is 9.97. The molecule has 100 valence electrons. The number of pyridine rings is 1. The fourth-order valence-electron chi connectivity index (χ4n) is 2.21. The Balaban J connectivity index is 2.34. The van der Waals surface area contributed by atoms with Crippen LogP contribution in [-0.4, -0.2) is 18.1 Å². The molecule has 0 bridgehead atoms. The van der Waals surface area contributed by atoms with Crippen LogP contribution in [0, 0.1) is 0 Å². The van der Waals surface area contributed by atoms with E-state index in [9.17, 15) is 4.79 Å². The number of carbonyl (C=O) groups is 1. The number of benzene rings is 1. The maximum atomic E-state index is 11.9. The van der Waals surface area contributed by atoms with E-state index >= 15 is 0 Å². The normalized spacial score (nSPS) is 12.3. The van der Waals surface area contributed by atoms with Gasteiger partial charge in [0.2, 0.25) is 0 Å². The number of rotatable bonds is 5. The van der Waals surface area contributed by atoms with Gasteiger partial charge in [-0.1, -0.05) is 44.0 Å². The van der Waals surface area contributed by atoms with Crippen molar-refractivity contribution in [1.29, 1.82) is 0 Å². The minimum Gasteiger partial charge on any atom is -0.469 e. The van der Waals surface area contributed by atoms with Crippen LogP contribution in [0.15, 0.2) is 36.4 Å². The Labute approximate surface area is 113 Å². The molecule has 19 heavy (non-hydrogen) atoms. The van der Waals surface area contributed by atoms with Crippen LogP contribution in [0.4, 0.5) is 0 Å². The summed E-state index contributed by atoms with van der Waals surface area (Å²) in [6, 6.07) is 11.9. The van der Waals surface area contributed by atoms with Gasteiger partial charge in [-0.2, -0.15) is 0 Å². The standard InChI is InChI=1S/C16H19NO2/c1-3-4-8-13(16(18)19-2)15-11-10-12-7-5-6-9-14(12)17-15/h5-7,9-11,13H,3-4,8H2,1-2H3. The van der Waals surface area contributed by atoms with E-state index < -0.39 is 0 Å². The Morgan fingerprint density at radius 3 is 2.79 bits per heavy atom. The lowest BCUT2D eigenvalue weighted by Crippen LogP contribution is -2.15. The second-order valence-electron chi connectivity index (χ2n) is 4.65. The van der Waals surface area contributed by atoms with Gasteiger partial charge in [-0.25, -0.2) is 0 Å². The molecule has 1 unspecified atom stereocenters. The SMILES string of the molecule is CCCCC(C(=O)OC)c1ccc2ccccc2n1. The van der Waals surface area contributed by atoms with E-state index in [2.05, 4.69) is 11.9 Å². The van der Waals surface area contributed by atoms with Gasteiger partial charge in [-0.15, -0.1) is 0 Å². The predicted octanol–water partition coefficient (Wildman–Crippen LogP) is 3.68. The summed E-state index contributed by atoms with van der Waals surface area (Å²) in [4.78, 5) is 16.5. The zero-order chi connectivity index (χ0) is 13.7. The topological polar surface area (TPSA) is 39.2 Å². The molecule has 0 radical (unpaired) electrons.